The quantitative estimate of drug-likeness (QED) is 0.115. The van der Waals surface area contributed by atoms with Crippen LogP contribution in [-0.2, 0) is 29.0 Å². The maximum absolute atomic E-state index is 14.4. The highest BCUT2D eigenvalue weighted by molar-refractivity contribution is 7.92. The molecule has 5 aliphatic rings. The molecule has 2 saturated heterocycles. The van der Waals surface area contributed by atoms with Crippen molar-refractivity contribution >= 4 is 51.0 Å². The van der Waals surface area contributed by atoms with Crippen LogP contribution in [0.2, 0.25) is 0 Å². The van der Waals surface area contributed by atoms with Crippen molar-refractivity contribution in [2.24, 2.45) is 23.0 Å². The summed E-state index contributed by atoms with van der Waals surface area (Å²) in [5.41, 5.74) is 4.60. The Balaban J connectivity index is 1.34. The summed E-state index contributed by atoms with van der Waals surface area (Å²) >= 11 is 6.58. The number of hydrogen-bond acceptors (Lipinski definition) is 8. The number of fused-ring (bicyclic) bond motifs is 1. The Morgan fingerprint density at radius 1 is 1.00 bits per heavy atom. The number of piperidine rings is 1. The molecule has 0 aromatic carbocycles. The van der Waals surface area contributed by atoms with Crippen LogP contribution in [0.1, 0.15) is 105 Å². The largest absolute Gasteiger partial charge is 0.347 e. The number of carbonyl (C=O) groups excluding carboxylic acids is 5. The van der Waals surface area contributed by atoms with Gasteiger partial charge >= 0.3 is 6.03 Å². The fourth-order valence-corrected chi connectivity index (χ4v) is 10.9. The van der Waals surface area contributed by atoms with Crippen molar-refractivity contribution < 1.29 is 32.4 Å². The van der Waals surface area contributed by atoms with Gasteiger partial charge in [-0.1, -0.05) is 59.8 Å². The molecule has 5 rings (SSSR count). The average molecular weight is 713 g/mol. The molecule has 3 saturated carbocycles. The van der Waals surface area contributed by atoms with Crippen molar-refractivity contribution in [3.8, 4) is 0 Å². The van der Waals surface area contributed by atoms with Crippen molar-refractivity contribution in [2.45, 2.75) is 145 Å². The van der Waals surface area contributed by atoms with Crippen LogP contribution < -0.4 is 27.0 Å². The molecule has 0 radical (unpaired) electrons. The first-order chi connectivity index (χ1) is 22.4. The Morgan fingerprint density at radius 2 is 1.67 bits per heavy atom. The molecule has 2 unspecified atom stereocenters. The monoisotopic (exact) mass is 712 g/mol. The first kappa shape index (κ1) is 36.8. The lowest BCUT2D eigenvalue weighted by Crippen LogP contribution is -2.65. The van der Waals surface area contributed by atoms with Gasteiger partial charge in [-0.25, -0.2) is 13.2 Å². The number of alkyl halides is 1. The van der Waals surface area contributed by atoms with Crippen molar-refractivity contribution in [1.29, 1.82) is 0 Å². The van der Waals surface area contributed by atoms with Crippen LogP contribution in [0.3, 0.4) is 0 Å². The Kier molecular flexibility index (Phi) is 10.5. The van der Waals surface area contributed by atoms with Gasteiger partial charge in [-0.2, -0.15) is 0 Å². The van der Waals surface area contributed by atoms with Crippen molar-refractivity contribution in [1.82, 2.24) is 26.2 Å². The molecule has 15 heteroatoms. The molecule has 7 atom stereocenters. The topological polar surface area (TPSA) is 197 Å². The second-order valence-corrected chi connectivity index (χ2v) is 18.8. The maximum atomic E-state index is 14.4. The Labute approximate surface area is 288 Å². The molecule has 0 aromatic heterocycles. The van der Waals surface area contributed by atoms with Crippen molar-refractivity contribution in [3.05, 3.63) is 0 Å². The summed E-state index contributed by atoms with van der Waals surface area (Å²) in [6.07, 6.45) is 7.89. The van der Waals surface area contributed by atoms with E-state index in [1.807, 2.05) is 6.92 Å². The summed E-state index contributed by atoms with van der Waals surface area (Å²) in [5, 5.41) is 10.7. The van der Waals surface area contributed by atoms with Crippen LogP contribution in [0.25, 0.3) is 0 Å². The molecule has 6 N–H and O–H groups in total. The SMILES string of the molecule is CCCC[C@H](NC(=O)[C@@H]1[C@@H]2[C@H](CN1C(=O)[C@@H](NC(=O)NC1(C3CCCS3(=O)=O)CCCCC1)C(C)(C)C)C2(N)Cl)C(=O)C(=O)NC1CC1. The summed E-state index contributed by atoms with van der Waals surface area (Å²) in [7, 11) is -3.37. The first-order valence-corrected chi connectivity index (χ1v) is 19.8. The summed E-state index contributed by atoms with van der Waals surface area (Å²) in [6.45, 7) is 7.41. The summed E-state index contributed by atoms with van der Waals surface area (Å²) in [5.74, 6) is -3.46. The minimum atomic E-state index is -3.37. The lowest BCUT2D eigenvalue weighted by atomic mass is 9.78. The second kappa shape index (κ2) is 13.7. The number of urea groups is 1. The van der Waals surface area contributed by atoms with Gasteiger partial charge in [0.15, 0.2) is 9.84 Å². The highest BCUT2D eigenvalue weighted by atomic mass is 35.5. The van der Waals surface area contributed by atoms with Gasteiger partial charge in [0.05, 0.1) is 22.6 Å². The summed E-state index contributed by atoms with van der Waals surface area (Å²) in [4.78, 5) is 68.0. The number of ketones is 1. The number of halogens is 1. The third kappa shape index (κ3) is 7.50. The molecule has 270 valence electrons. The van der Waals surface area contributed by atoms with Gasteiger partial charge in [-0.3, -0.25) is 19.2 Å². The van der Waals surface area contributed by atoms with E-state index >= 15 is 0 Å². The molecule has 2 aliphatic heterocycles. The smallest absolute Gasteiger partial charge is 0.315 e. The summed E-state index contributed by atoms with van der Waals surface area (Å²) in [6, 6.07) is -3.93. The first-order valence-electron chi connectivity index (χ1n) is 17.7. The number of rotatable bonds is 12. The average Bonchev–Trinajstić information content (AvgIpc) is 3.79. The number of nitrogens with zero attached hydrogens (tertiary/aromatic N) is 1. The Morgan fingerprint density at radius 3 is 2.23 bits per heavy atom. The molecule has 3 aliphatic carbocycles. The molecular formula is C33H53ClN6O7S. The fraction of sp³-hybridized carbons (Fsp3) is 0.848. The summed E-state index contributed by atoms with van der Waals surface area (Å²) < 4.78 is 26.1. The highest BCUT2D eigenvalue weighted by Crippen LogP contribution is 2.59. The molecule has 0 bridgehead atoms. The number of hydrogen-bond donors (Lipinski definition) is 5. The standard InChI is InChI=1S/C33H53ClN6O7S/c1-5-6-11-21(25(41)28(43)36-19-13-14-19)37-27(42)24-23-20(33(23,34)35)18-40(24)29(44)26(31(2,3)4)38-30(45)39-32(15-8-7-9-16-32)22-12-10-17-48(22,46)47/h19-24,26H,5-18,35H2,1-4H3,(H,36,43)(H,37,42)(H2,38,39,45)/t20-,21-,22?,23-,24-,26+,33?/m0/s1. The van der Waals surface area contributed by atoms with E-state index in [9.17, 15) is 32.4 Å². The normalized spacial score (nSPS) is 31.6. The molecule has 2 heterocycles. The van der Waals surface area contributed by atoms with Crippen LogP contribution in [0.4, 0.5) is 4.79 Å². The number of likely N-dealkylation sites (tertiary alicyclic amines) is 1. The molecule has 0 aromatic rings. The van der Waals surface area contributed by atoms with E-state index in [0.717, 1.165) is 38.5 Å². The lowest BCUT2D eigenvalue weighted by Gasteiger charge is -2.43. The number of nitrogens with one attached hydrogen (secondary N) is 4. The highest BCUT2D eigenvalue weighted by Gasteiger charge is 2.73. The third-order valence-electron chi connectivity index (χ3n) is 11.1. The molecule has 5 amide bonds. The third-order valence-corrected chi connectivity index (χ3v) is 14.0. The van der Waals surface area contributed by atoms with Crippen molar-refractivity contribution in [3.63, 3.8) is 0 Å². The van der Waals surface area contributed by atoms with Crippen LogP contribution in [-0.4, -0.2) is 95.1 Å². The number of sulfone groups is 1. The zero-order valence-corrected chi connectivity index (χ0v) is 30.2. The van der Waals surface area contributed by atoms with E-state index in [0.29, 0.717) is 32.1 Å². The van der Waals surface area contributed by atoms with Gasteiger partial charge in [0, 0.05) is 24.4 Å². The van der Waals surface area contributed by atoms with Gasteiger partial charge < -0.3 is 31.9 Å². The zero-order chi connectivity index (χ0) is 35.2. The lowest BCUT2D eigenvalue weighted by molar-refractivity contribution is -0.145. The zero-order valence-electron chi connectivity index (χ0n) is 28.6. The van der Waals surface area contributed by atoms with E-state index in [4.69, 9.17) is 17.3 Å². The number of nitrogens with two attached hydrogens (primary N) is 1. The van der Waals surface area contributed by atoms with Gasteiger partial charge in [0.25, 0.3) is 5.91 Å². The van der Waals surface area contributed by atoms with Crippen LogP contribution >= 0.6 is 11.6 Å². The predicted octanol–water partition coefficient (Wildman–Crippen LogP) is 1.85. The number of unbranched alkanes of at least 4 members (excludes halogenated alkanes) is 1. The Hall–Kier alpha value is -2.45. The van der Waals surface area contributed by atoms with Crippen LogP contribution in [0.15, 0.2) is 0 Å². The van der Waals surface area contributed by atoms with Gasteiger partial charge in [0.1, 0.15) is 17.1 Å². The molecule has 13 nitrogen and oxygen atoms in total. The minimum absolute atomic E-state index is 0.0251. The van der Waals surface area contributed by atoms with E-state index in [1.165, 1.54) is 4.90 Å². The number of Topliss-reactive ketones (excluding diaryl/α,β-unsaturated/α-hetero) is 1. The molecule has 48 heavy (non-hydrogen) atoms. The number of carbonyl (C=O) groups is 5. The predicted molar refractivity (Wildman–Crippen MR) is 180 cm³/mol. The van der Waals surface area contributed by atoms with E-state index in [-0.39, 0.29) is 30.7 Å². The molecule has 0 spiro atoms. The molecule has 5 fully saturated rings. The minimum Gasteiger partial charge on any atom is -0.347 e. The van der Waals surface area contributed by atoms with E-state index < -0.39 is 84.6 Å². The van der Waals surface area contributed by atoms with E-state index in [1.54, 1.807) is 20.8 Å². The van der Waals surface area contributed by atoms with E-state index in [2.05, 4.69) is 21.3 Å². The van der Waals surface area contributed by atoms with Crippen molar-refractivity contribution in [2.75, 3.05) is 12.3 Å². The molecular weight excluding hydrogens is 660 g/mol. The fourth-order valence-electron chi connectivity index (χ4n) is 8.15. The van der Waals surface area contributed by atoms with Gasteiger partial charge in [-0.15, -0.1) is 11.6 Å². The Bertz CT molecular complexity index is 1400. The van der Waals surface area contributed by atoms with Crippen LogP contribution in [0, 0.1) is 17.3 Å². The van der Waals surface area contributed by atoms with Gasteiger partial charge in [0.2, 0.25) is 17.6 Å². The van der Waals surface area contributed by atoms with Crippen LogP contribution in [0.5, 0.6) is 0 Å². The van der Waals surface area contributed by atoms with Gasteiger partial charge in [-0.05, 0) is 50.4 Å². The maximum Gasteiger partial charge on any atom is 0.315 e. The second-order valence-electron chi connectivity index (χ2n) is 15.8. The number of amides is 5.